The van der Waals surface area contributed by atoms with Gasteiger partial charge in [0.1, 0.15) is 0 Å². The minimum absolute atomic E-state index is 0. The van der Waals surface area contributed by atoms with E-state index < -0.39 is 0 Å². The Morgan fingerprint density at radius 2 is 1.90 bits per heavy atom. The maximum Gasteiger partial charge on any atom is 0.197 e. The summed E-state index contributed by atoms with van der Waals surface area (Å²) in [5.41, 5.74) is 10.8. The van der Waals surface area contributed by atoms with Gasteiger partial charge in [0.05, 0.1) is 5.69 Å². The minimum Gasteiger partial charge on any atom is -0.369 e. The number of nitrogens with two attached hydrogens (primary N) is 1. The standard InChI is InChI=1S/C16H17N3.ClH/c1-12-7-8-15-14(9-12)11-19(16(17)18-15)10-13-5-3-2-4-6-13;/h2-9H,10-11H2,1H3,(H2,17,18);1H. The first-order valence-electron chi connectivity index (χ1n) is 6.45. The second kappa shape index (κ2) is 5.97. The number of halogens is 1. The lowest BCUT2D eigenvalue weighted by molar-refractivity contribution is 0.396. The van der Waals surface area contributed by atoms with Gasteiger partial charge in [0.25, 0.3) is 0 Å². The van der Waals surface area contributed by atoms with Gasteiger partial charge < -0.3 is 10.6 Å². The Labute approximate surface area is 125 Å². The van der Waals surface area contributed by atoms with Gasteiger partial charge in [0, 0.05) is 13.1 Å². The Hall–Kier alpha value is -2.00. The van der Waals surface area contributed by atoms with Crippen LogP contribution in [-0.2, 0) is 13.1 Å². The number of aliphatic imine (C=N–C) groups is 1. The van der Waals surface area contributed by atoms with E-state index in [1.54, 1.807) is 0 Å². The number of hydrogen-bond acceptors (Lipinski definition) is 3. The number of fused-ring (bicyclic) bond motifs is 1. The molecule has 0 spiro atoms. The van der Waals surface area contributed by atoms with Crippen molar-refractivity contribution in [2.75, 3.05) is 0 Å². The molecule has 0 saturated carbocycles. The molecule has 2 N–H and O–H groups in total. The third-order valence-electron chi connectivity index (χ3n) is 3.37. The number of nitrogens with zero attached hydrogens (tertiary/aromatic N) is 2. The predicted molar refractivity (Wildman–Crippen MR) is 85.4 cm³/mol. The van der Waals surface area contributed by atoms with Crippen molar-refractivity contribution in [1.82, 2.24) is 4.90 Å². The summed E-state index contributed by atoms with van der Waals surface area (Å²) in [6, 6.07) is 16.6. The molecule has 0 bridgehead atoms. The van der Waals surface area contributed by atoms with Gasteiger partial charge in [-0.2, -0.15) is 0 Å². The molecular formula is C16H18ClN3. The maximum atomic E-state index is 6.06. The lowest BCUT2D eigenvalue weighted by Gasteiger charge is -2.28. The summed E-state index contributed by atoms with van der Waals surface area (Å²) < 4.78 is 0. The average Bonchev–Trinajstić information content (AvgIpc) is 2.41. The predicted octanol–water partition coefficient (Wildman–Crippen LogP) is 3.38. The Morgan fingerprint density at radius 3 is 2.65 bits per heavy atom. The number of hydrogen-bond donors (Lipinski definition) is 1. The van der Waals surface area contributed by atoms with Crippen LogP contribution in [0, 0.1) is 6.92 Å². The fraction of sp³-hybridized carbons (Fsp3) is 0.188. The summed E-state index contributed by atoms with van der Waals surface area (Å²) in [5.74, 6) is 0.597. The number of benzene rings is 2. The molecule has 2 aromatic carbocycles. The summed E-state index contributed by atoms with van der Waals surface area (Å²) in [6.45, 7) is 3.72. The van der Waals surface area contributed by atoms with Crippen molar-refractivity contribution in [3.8, 4) is 0 Å². The Bertz CT molecular complexity index is 623. The zero-order chi connectivity index (χ0) is 13.2. The molecule has 0 radical (unpaired) electrons. The second-order valence-corrected chi connectivity index (χ2v) is 4.94. The van der Waals surface area contributed by atoms with Gasteiger partial charge in [-0.3, -0.25) is 0 Å². The third kappa shape index (κ3) is 2.94. The largest absolute Gasteiger partial charge is 0.369 e. The summed E-state index contributed by atoms with van der Waals surface area (Å²) >= 11 is 0. The normalized spacial score (nSPS) is 13.2. The van der Waals surface area contributed by atoms with E-state index in [0.717, 1.165) is 18.8 Å². The zero-order valence-electron chi connectivity index (χ0n) is 11.4. The van der Waals surface area contributed by atoms with E-state index in [9.17, 15) is 0 Å². The van der Waals surface area contributed by atoms with E-state index in [1.807, 2.05) is 24.3 Å². The molecule has 3 nitrogen and oxygen atoms in total. The van der Waals surface area contributed by atoms with Crippen LogP contribution in [0.1, 0.15) is 16.7 Å². The SMILES string of the molecule is Cc1ccc2c(c1)CN(Cc1ccccc1)C(N)=N2.Cl. The topological polar surface area (TPSA) is 41.6 Å². The molecule has 1 aliphatic rings. The zero-order valence-corrected chi connectivity index (χ0v) is 12.2. The van der Waals surface area contributed by atoms with Crippen molar-refractivity contribution in [2.45, 2.75) is 20.0 Å². The lowest BCUT2D eigenvalue weighted by Crippen LogP contribution is -2.38. The van der Waals surface area contributed by atoms with Crippen LogP contribution in [0.2, 0.25) is 0 Å². The Morgan fingerprint density at radius 1 is 1.15 bits per heavy atom. The molecule has 20 heavy (non-hydrogen) atoms. The van der Waals surface area contributed by atoms with Crippen LogP contribution in [0.15, 0.2) is 53.5 Å². The van der Waals surface area contributed by atoms with Crippen molar-refractivity contribution >= 4 is 24.1 Å². The number of rotatable bonds is 2. The molecule has 2 aromatic rings. The highest BCUT2D eigenvalue weighted by atomic mass is 35.5. The van der Waals surface area contributed by atoms with Gasteiger partial charge in [0.15, 0.2) is 5.96 Å². The minimum atomic E-state index is 0. The first-order chi connectivity index (χ1) is 9.22. The fourth-order valence-electron chi connectivity index (χ4n) is 2.37. The first-order valence-corrected chi connectivity index (χ1v) is 6.45. The van der Waals surface area contributed by atoms with Gasteiger partial charge in [-0.15, -0.1) is 12.4 Å². The van der Waals surface area contributed by atoms with Gasteiger partial charge >= 0.3 is 0 Å². The average molecular weight is 288 g/mol. The van der Waals surface area contributed by atoms with E-state index >= 15 is 0 Å². The van der Waals surface area contributed by atoms with Crippen LogP contribution >= 0.6 is 12.4 Å². The lowest BCUT2D eigenvalue weighted by atomic mass is 10.1. The smallest absolute Gasteiger partial charge is 0.197 e. The van der Waals surface area contributed by atoms with Crippen molar-refractivity contribution < 1.29 is 0 Å². The van der Waals surface area contributed by atoms with E-state index in [2.05, 4.69) is 41.1 Å². The van der Waals surface area contributed by atoms with Crippen molar-refractivity contribution in [3.63, 3.8) is 0 Å². The van der Waals surface area contributed by atoms with E-state index in [4.69, 9.17) is 5.73 Å². The first kappa shape index (κ1) is 14.4. The van der Waals surface area contributed by atoms with E-state index in [-0.39, 0.29) is 12.4 Å². The highest BCUT2D eigenvalue weighted by Gasteiger charge is 2.17. The second-order valence-electron chi connectivity index (χ2n) is 4.94. The molecule has 0 saturated heterocycles. The summed E-state index contributed by atoms with van der Waals surface area (Å²) in [4.78, 5) is 6.59. The third-order valence-corrected chi connectivity index (χ3v) is 3.37. The Balaban J connectivity index is 0.00000147. The molecular weight excluding hydrogens is 270 g/mol. The van der Waals surface area contributed by atoms with Crippen molar-refractivity contribution in [1.29, 1.82) is 0 Å². The van der Waals surface area contributed by atoms with Crippen LogP contribution in [0.5, 0.6) is 0 Å². The molecule has 1 heterocycles. The highest BCUT2D eigenvalue weighted by molar-refractivity contribution is 5.85. The maximum absolute atomic E-state index is 6.06. The molecule has 0 unspecified atom stereocenters. The molecule has 0 amide bonds. The van der Waals surface area contributed by atoms with Crippen LogP contribution in [0.4, 0.5) is 5.69 Å². The van der Waals surface area contributed by atoms with E-state index in [1.165, 1.54) is 16.7 Å². The molecule has 4 heteroatoms. The molecule has 3 rings (SSSR count). The van der Waals surface area contributed by atoms with Gasteiger partial charge in [-0.25, -0.2) is 4.99 Å². The van der Waals surface area contributed by atoms with Crippen LogP contribution < -0.4 is 5.73 Å². The monoisotopic (exact) mass is 287 g/mol. The number of aryl methyl sites for hydroxylation is 1. The van der Waals surface area contributed by atoms with Gasteiger partial charge in [0.2, 0.25) is 0 Å². The van der Waals surface area contributed by atoms with E-state index in [0.29, 0.717) is 5.96 Å². The molecule has 0 fully saturated rings. The molecule has 0 aliphatic carbocycles. The molecule has 1 aliphatic heterocycles. The van der Waals surface area contributed by atoms with Crippen LogP contribution in [0.3, 0.4) is 0 Å². The molecule has 0 atom stereocenters. The summed E-state index contributed by atoms with van der Waals surface area (Å²) in [6.07, 6.45) is 0. The van der Waals surface area contributed by atoms with Gasteiger partial charge in [-0.1, -0.05) is 48.0 Å². The van der Waals surface area contributed by atoms with Crippen molar-refractivity contribution in [2.24, 2.45) is 10.7 Å². The van der Waals surface area contributed by atoms with Crippen LogP contribution in [0.25, 0.3) is 0 Å². The molecule has 0 aromatic heterocycles. The van der Waals surface area contributed by atoms with Gasteiger partial charge in [-0.05, 0) is 24.1 Å². The Kier molecular flexibility index (Phi) is 4.30. The summed E-state index contributed by atoms with van der Waals surface area (Å²) in [7, 11) is 0. The van der Waals surface area contributed by atoms with Crippen LogP contribution in [-0.4, -0.2) is 10.9 Å². The number of guanidine groups is 1. The summed E-state index contributed by atoms with van der Waals surface area (Å²) in [5, 5.41) is 0. The fourth-order valence-corrected chi connectivity index (χ4v) is 2.37. The quantitative estimate of drug-likeness (QED) is 0.920. The van der Waals surface area contributed by atoms with Crippen molar-refractivity contribution in [3.05, 3.63) is 65.2 Å². The molecule has 104 valence electrons. The highest BCUT2D eigenvalue weighted by Crippen LogP contribution is 2.26.